The fraction of sp³-hybridized carbons (Fsp3) is 0.242. The number of nitrogens with one attached hydrogen (secondary N) is 2. The van der Waals surface area contributed by atoms with Crippen LogP contribution >= 0.6 is 0 Å². The maximum atomic E-state index is 13.3. The zero-order valence-corrected chi connectivity index (χ0v) is 24.1. The number of anilines is 3. The lowest BCUT2D eigenvalue weighted by atomic mass is 9.92. The van der Waals surface area contributed by atoms with Gasteiger partial charge in [-0.2, -0.15) is 5.10 Å². The number of hydrogen-bond acceptors (Lipinski definition) is 5. The lowest BCUT2D eigenvalue weighted by Crippen LogP contribution is -2.21. The van der Waals surface area contributed by atoms with Crippen molar-refractivity contribution in [2.24, 2.45) is 0 Å². The Morgan fingerprint density at radius 3 is 2.37 bits per heavy atom. The Labute approximate surface area is 240 Å². The van der Waals surface area contributed by atoms with Gasteiger partial charge in [-0.15, -0.1) is 0 Å². The first-order valence-electron chi connectivity index (χ1n) is 13.7. The van der Waals surface area contributed by atoms with Crippen molar-refractivity contribution in [3.63, 3.8) is 0 Å². The summed E-state index contributed by atoms with van der Waals surface area (Å²) in [4.78, 5) is 17.4. The third kappa shape index (κ3) is 6.32. The summed E-state index contributed by atoms with van der Waals surface area (Å²) in [5.41, 5.74) is 10.2. The molecule has 0 aliphatic carbocycles. The van der Waals surface area contributed by atoms with Crippen LogP contribution in [0.1, 0.15) is 57.4 Å². The molecule has 0 spiro atoms. The number of rotatable bonds is 7. The number of benzene rings is 3. The van der Waals surface area contributed by atoms with Crippen LogP contribution in [0, 0.1) is 0 Å². The number of aromatic nitrogens is 3. The van der Waals surface area contributed by atoms with Gasteiger partial charge in [0.2, 0.25) is 0 Å². The molecule has 0 saturated heterocycles. The Kier molecular flexibility index (Phi) is 7.66. The highest BCUT2D eigenvalue weighted by atomic mass is 16.5. The number of fused-ring (bicyclic) bond motifs is 1. The topological polar surface area (TPSA) is 107 Å². The number of amides is 2. The molecule has 2 heterocycles. The third-order valence-electron chi connectivity index (χ3n) is 6.90. The minimum atomic E-state index is -0.364. The van der Waals surface area contributed by atoms with E-state index in [-0.39, 0.29) is 11.4 Å². The van der Waals surface area contributed by atoms with E-state index in [9.17, 15) is 4.79 Å². The summed E-state index contributed by atoms with van der Waals surface area (Å²) in [7, 11) is 0. The third-order valence-corrected chi connectivity index (χ3v) is 6.90. The van der Waals surface area contributed by atoms with E-state index in [0.29, 0.717) is 35.6 Å². The van der Waals surface area contributed by atoms with Crippen LogP contribution in [0.5, 0.6) is 5.75 Å². The molecule has 210 valence electrons. The molecule has 8 heteroatoms. The number of nitrogens with two attached hydrogens (primary N) is 1. The van der Waals surface area contributed by atoms with Crippen LogP contribution < -0.4 is 21.1 Å². The SMILES string of the molecule is CC(C)c1ccc(-n2nc(C(C)(C)C)cc2NC(=O)Nc2ccc(OCc3ccnc(N)c3)c3ccccc23)cc1. The van der Waals surface area contributed by atoms with Crippen LogP contribution in [-0.2, 0) is 12.0 Å². The predicted molar refractivity (Wildman–Crippen MR) is 166 cm³/mol. The van der Waals surface area contributed by atoms with Gasteiger partial charge in [-0.25, -0.2) is 14.5 Å². The molecular formula is C33H36N6O2. The molecule has 3 aromatic carbocycles. The minimum absolute atomic E-state index is 0.190. The Morgan fingerprint density at radius 2 is 1.68 bits per heavy atom. The highest BCUT2D eigenvalue weighted by Crippen LogP contribution is 2.33. The van der Waals surface area contributed by atoms with E-state index >= 15 is 0 Å². The Bertz CT molecular complexity index is 1680. The summed E-state index contributed by atoms with van der Waals surface area (Å²) in [6, 6.07) is 25.0. The molecule has 4 N–H and O–H groups in total. The maximum absolute atomic E-state index is 13.3. The average Bonchev–Trinajstić information content (AvgIpc) is 3.37. The van der Waals surface area contributed by atoms with Crippen molar-refractivity contribution >= 4 is 34.1 Å². The van der Waals surface area contributed by atoms with Crippen molar-refractivity contribution in [1.29, 1.82) is 0 Å². The average molecular weight is 549 g/mol. The second-order valence-corrected chi connectivity index (χ2v) is 11.4. The van der Waals surface area contributed by atoms with E-state index in [2.05, 4.69) is 62.4 Å². The van der Waals surface area contributed by atoms with Gasteiger partial charge >= 0.3 is 6.03 Å². The van der Waals surface area contributed by atoms with Crippen molar-refractivity contribution in [3.8, 4) is 11.4 Å². The van der Waals surface area contributed by atoms with E-state index in [1.807, 2.05) is 60.7 Å². The van der Waals surface area contributed by atoms with Gasteiger partial charge in [-0.1, -0.05) is 71.0 Å². The fourth-order valence-electron chi connectivity index (χ4n) is 4.56. The van der Waals surface area contributed by atoms with Crippen LogP contribution in [0.2, 0.25) is 0 Å². The fourth-order valence-corrected chi connectivity index (χ4v) is 4.56. The first-order chi connectivity index (χ1) is 19.6. The number of pyridine rings is 1. The monoisotopic (exact) mass is 548 g/mol. The summed E-state index contributed by atoms with van der Waals surface area (Å²) in [5, 5.41) is 12.6. The van der Waals surface area contributed by atoms with Crippen LogP contribution in [0.3, 0.4) is 0 Å². The maximum Gasteiger partial charge on any atom is 0.324 e. The zero-order valence-electron chi connectivity index (χ0n) is 24.1. The summed E-state index contributed by atoms with van der Waals surface area (Å²) in [6.07, 6.45) is 1.66. The summed E-state index contributed by atoms with van der Waals surface area (Å²) in [6.45, 7) is 11.0. The summed E-state index contributed by atoms with van der Waals surface area (Å²) >= 11 is 0. The Balaban J connectivity index is 1.39. The normalized spacial score (nSPS) is 11.6. The van der Waals surface area contributed by atoms with Crippen molar-refractivity contribution in [3.05, 3.63) is 102 Å². The largest absolute Gasteiger partial charge is 0.488 e. The first-order valence-corrected chi connectivity index (χ1v) is 13.7. The number of urea groups is 1. The smallest absolute Gasteiger partial charge is 0.324 e. The van der Waals surface area contributed by atoms with E-state index < -0.39 is 0 Å². The Morgan fingerprint density at radius 1 is 0.951 bits per heavy atom. The number of hydrogen-bond donors (Lipinski definition) is 3. The number of ether oxygens (including phenoxy) is 1. The molecule has 2 amide bonds. The van der Waals surface area contributed by atoms with Gasteiger partial charge in [0, 0.05) is 28.5 Å². The standard InChI is InChI=1S/C33H36N6O2/c1-21(2)23-10-12-24(13-11-23)39-31(19-29(38-39)33(3,4)5)37-32(40)36-27-14-15-28(26-9-7-6-8-25(26)27)41-20-22-16-17-35-30(34)18-22/h6-19,21H,20H2,1-5H3,(H2,34,35)(H2,36,37,40). The van der Waals surface area contributed by atoms with Crippen LogP contribution in [-0.4, -0.2) is 20.8 Å². The molecule has 0 unspecified atom stereocenters. The molecule has 5 aromatic rings. The molecular weight excluding hydrogens is 512 g/mol. The molecule has 0 atom stereocenters. The lowest BCUT2D eigenvalue weighted by molar-refractivity contribution is 0.262. The van der Waals surface area contributed by atoms with E-state index in [0.717, 1.165) is 27.7 Å². The van der Waals surface area contributed by atoms with Gasteiger partial charge < -0.3 is 15.8 Å². The van der Waals surface area contributed by atoms with Crippen molar-refractivity contribution in [2.45, 2.75) is 52.6 Å². The molecule has 5 rings (SSSR count). The number of nitrogen functional groups attached to an aromatic ring is 1. The van der Waals surface area contributed by atoms with Crippen LogP contribution in [0.15, 0.2) is 85.1 Å². The molecule has 0 aliphatic rings. The van der Waals surface area contributed by atoms with Crippen LogP contribution in [0.25, 0.3) is 16.5 Å². The lowest BCUT2D eigenvalue weighted by Gasteiger charge is -2.15. The highest BCUT2D eigenvalue weighted by molar-refractivity contribution is 6.07. The molecule has 0 bridgehead atoms. The van der Waals surface area contributed by atoms with Gasteiger partial charge in [0.05, 0.1) is 17.1 Å². The predicted octanol–water partition coefficient (Wildman–Crippen LogP) is 7.65. The Hall–Kier alpha value is -4.85. The van der Waals surface area contributed by atoms with E-state index in [1.165, 1.54) is 5.56 Å². The zero-order chi connectivity index (χ0) is 29.1. The molecule has 0 fully saturated rings. The summed E-state index contributed by atoms with van der Waals surface area (Å²) < 4.78 is 7.90. The van der Waals surface area contributed by atoms with E-state index in [4.69, 9.17) is 15.6 Å². The second kappa shape index (κ2) is 11.3. The van der Waals surface area contributed by atoms with Gasteiger partial charge in [0.15, 0.2) is 0 Å². The highest BCUT2D eigenvalue weighted by Gasteiger charge is 2.22. The van der Waals surface area contributed by atoms with Crippen molar-refractivity contribution in [1.82, 2.24) is 14.8 Å². The second-order valence-electron chi connectivity index (χ2n) is 11.4. The number of nitrogens with zero attached hydrogens (tertiary/aromatic N) is 3. The van der Waals surface area contributed by atoms with Gasteiger partial charge in [0.1, 0.15) is 24.0 Å². The van der Waals surface area contributed by atoms with Gasteiger partial charge in [-0.05, 0) is 53.4 Å². The minimum Gasteiger partial charge on any atom is -0.488 e. The van der Waals surface area contributed by atoms with Crippen molar-refractivity contribution in [2.75, 3.05) is 16.4 Å². The molecule has 0 saturated carbocycles. The van der Waals surface area contributed by atoms with Crippen molar-refractivity contribution < 1.29 is 9.53 Å². The number of carbonyl (C=O) groups excluding carboxylic acids is 1. The van der Waals surface area contributed by atoms with Gasteiger partial charge in [-0.3, -0.25) is 5.32 Å². The van der Waals surface area contributed by atoms with Crippen LogP contribution in [0.4, 0.5) is 22.1 Å². The molecule has 0 radical (unpaired) electrons. The molecule has 0 aliphatic heterocycles. The number of carbonyl (C=O) groups is 1. The molecule has 8 nitrogen and oxygen atoms in total. The molecule has 41 heavy (non-hydrogen) atoms. The summed E-state index contributed by atoms with van der Waals surface area (Å²) in [5.74, 6) is 2.17. The first kappa shape index (κ1) is 27.7. The van der Waals surface area contributed by atoms with E-state index in [1.54, 1.807) is 16.9 Å². The molecule has 2 aromatic heterocycles. The van der Waals surface area contributed by atoms with Gasteiger partial charge in [0.25, 0.3) is 0 Å². The quantitative estimate of drug-likeness (QED) is 0.194.